The second-order valence-electron chi connectivity index (χ2n) is 6.78. The topological polar surface area (TPSA) is 58.1 Å². The number of likely N-dealkylation sites (tertiary alicyclic amines) is 1. The average Bonchev–Trinajstić information content (AvgIpc) is 2.62. The number of anilines is 1. The summed E-state index contributed by atoms with van der Waals surface area (Å²) in [6.45, 7) is 7.53. The van der Waals surface area contributed by atoms with Crippen molar-refractivity contribution in [2.45, 2.75) is 46.1 Å². The summed E-state index contributed by atoms with van der Waals surface area (Å²) in [7, 11) is 0. The molecule has 1 aliphatic rings. The zero-order chi connectivity index (χ0) is 17.8. The van der Waals surface area contributed by atoms with E-state index >= 15 is 0 Å². The highest BCUT2D eigenvalue weighted by Gasteiger charge is 2.25. The summed E-state index contributed by atoms with van der Waals surface area (Å²) in [6, 6.07) is 10.7. The van der Waals surface area contributed by atoms with E-state index in [4.69, 9.17) is 0 Å². The van der Waals surface area contributed by atoms with E-state index in [1.54, 1.807) is 0 Å². The molecule has 2 heterocycles. The summed E-state index contributed by atoms with van der Waals surface area (Å²) in [5.41, 5.74) is 4.70. The molecule has 0 bridgehead atoms. The molecule has 0 atom stereocenters. The van der Waals surface area contributed by atoms with Crippen LogP contribution in [0.3, 0.4) is 0 Å². The molecule has 5 heteroatoms. The van der Waals surface area contributed by atoms with Crippen LogP contribution in [-0.2, 0) is 6.42 Å². The fraction of sp³-hybridized carbons (Fsp3) is 0.450. The van der Waals surface area contributed by atoms with E-state index in [1.165, 1.54) is 5.56 Å². The predicted molar refractivity (Wildman–Crippen MR) is 99.9 cm³/mol. The molecule has 0 saturated carbocycles. The van der Waals surface area contributed by atoms with Crippen molar-refractivity contribution in [3.63, 3.8) is 0 Å². The highest BCUT2D eigenvalue weighted by Crippen LogP contribution is 2.20. The minimum absolute atomic E-state index is 0.0869. The third kappa shape index (κ3) is 4.16. The van der Waals surface area contributed by atoms with Gasteiger partial charge in [0.25, 0.3) is 5.91 Å². The highest BCUT2D eigenvalue weighted by atomic mass is 16.2. The molecular formula is C20H26N4O. The zero-order valence-corrected chi connectivity index (χ0v) is 15.2. The van der Waals surface area contributed by atoms with Gasteiger partial charge in [-0.1, -0.05) is 19.1 Å². The van der Waals surface area contributed by atoms with Gasteiger partial charge in [-0.25, -0.2) is 0 Å². The molecular weight excluding hydrogens is 312 g/mol. The second kappa shape index (κ2) is 7.64. The summed E-state index contributed by atoms with van der Waals surface area (Å²) in [5, 5.41) is 11.8. The lowest BCUT2D eigenvalue weighted by molar-refractivity contribution is 0.0716. The summed E-state index contributed by atoms with van der Waals surface area (Å²) >= 11 is 0. The maximum Gasteiger partial charge on any atom is 0.255 e. The van der Waals surface area contributed by atoms with Crippen LogP contribution in [-0.4, -0.2) is 40.1 Å². The number of piperidine rings is 1. The van der Waals surface area contributed by atoms with Crippen LogP contribution < -0.4 is 5.32 Å². The van der Waals surface area contributed by atoms with Gasteiger partial charge in [-0.15, -0.1) is 0 Å². The summed E-state index contributed by atoms with van der Waals surface area (Å²) in [6.07, 6.45) is 2.64. The van der Waals surface area contributed by atoms with E-state index in [9.17, 15) is 4.79 Å². The molecule has 3 rings (SSSR count). The lowest BCUT2D eigenvalue weighted by Gasteiger charge is -2.33. The minimum atomic E-state index is 0.0869. The molecule has 0 radical (unpaired) electrons. The number of hydrogen-bond donors (Lipinski definition) is 1. The van der Waals surface area contributed by atoms with Crippen LogP contribution in [0.4, 0.5) is 5.69 Å². The molecule has 0 aliphatic carbocycles. The van der Waals surface area contributed by atoms with Gasteiger partial charge < -0.3 is 10.2 Å². The molecule has 5 nitrogen and oxygen atoms in total. The Bertz CT molecular complexity index is 751. The number of amides is 1. The minimum Gasteiger partial charge on any atom is -0.382 e. The average molecular weight is 338 g/mol. The maximum atomic E-state index is 12.9. The van der Waals surface area contributed by atoms with Crippen LogP contribution >= 0.6 is 0 Å². The summed E-state index contributed by atoms with van der Waals surface area (Å²) in [4.78, 5) is 14.8. The molecule has 2 aromatic rings. The Balaban J connectivity index is 1.62. The van der Waals surface area contributed by atoms with Crippen molar-refractivity contribution < 1.29 is 4.79 Å². The number of rotatable bonds is 4. The van der Waals surface area contributed by atoms with Crippen LogP contribution in [0.5, 0.6) is 0 Å². The van der Waals surface area contributed by atoms with Gasteiger partial charge in [0.1, 0.15) is 0 Å². The highest BCUT2D eigenvalue weighted by molar-refractivity contribution is 5.95. The molecule has 25 heavy (non-hydrogen) atoms. The number of nitrogens with one attached hydrogen (secondary N) is 1. The van der Waals surface area contributed by atoms with Crippen LogP contribution in [0.1, 0.15) is 47.1 Å². The number of hydrogen-bond acceptors (Lipinski definition) is 4. The largest absolute Gasteiger partial charge is 0.382 e. The quantitative estimate of drug-likeness (QED) is 0.928. The second-order valence-corrected chi connectivity index (χ2v) is 6.78. The van der Waals surface area contributed by atoms with Crippen molar-refractivity contribution in [3.8, 4) is 0 Å². The summed E-state index contributed by atoms with van der Waals surface area (Å²) in [5.74, 6) is 0.0869. The van der Waals surface area contributed by atoms with E-state index in [-0.39, 0.29) is 5.91 Å². The monoisotopic (exact) mass is 338 g/mol. The van der Waals surface area contributed by atoms with Crippen LogP contribution in [0.25, 0.3) is 0 Å². The van der Waals surface area contributed by atoms with Gasteiger partial charge in [0, 0.05) is 24.8 Å². The van der Waals surface area contributed by atoms with Crippen molar-refractivity contribution in [2.75, 3.05) is 18.4 Å². The first-order chi connectivity index (χ1) is 12.1. The molecule has 0 unspecified atom stereocenters. The van der Waals surface area contributed by atoms with Crippen LogP contribution in [0.2, 0.25) is 0 Å². The molecule has 1 fully saturated rings. The molecule has 1 saturated heterocycles. The van der Waals surface area contributed by atoms with Crippen molar-refractivity contribution >= 4 is 11.6 Å². The Morgan fingerprint density at radius 2 is 1.96 bits per heavy atom. The Morgan fingerprint density at radius 1 is 1.20 bits per heavy atom. The van der Waals surface area contributed by atoms with E-state index in [1.807, 2.05) is 24.8 Å². The third-order valence-corrected chi connectivity index (χ3v) is 4.73. The van der Waals surface area contributed by atoms with Gasteiger partial charge in [-0.2, -0.15) is 10.2 Å². The third-order valence-electron chi connectivity index (χ3n) is 4.73. The van der Waals surface area contributed by atoms with Gasteiger partial charge in [-0.05, 0) is 56.9 Å². The molecule has 1 amide bonds. The smallest absolute Gasteiger partial charge is 0.255 e. The van der Waals surface area contributed by atoms with Crippen LogP contribution in [0, 0.1) is 13.8 Å². The number of nitrogens with zero attached hydrogens (tertiary/aromatic N) is 3. The van der Waals surface area contributed by atoms with E-state index in [0.717, 1.165) is 49.4 Å². The number of carbonyl (C=O) groups is 1. The van der Waals surface area contributed by atoms with Crippen molar-refractivity contribution in [2.24, 2.45) is 0 Å². The zero-order valence-electron chi connectivity index (χ0n) is 15.2. The molecule has 1 aromatic heterocycles. The Hall–Kier alpha value is -2.43. The van der Waals surface area contributed by atoms with Gasteiger partial charge in [0.2, 0.25) is 0 Å². The van der Waals surface area contributed by atoms with Gasteiger partial charge >= 0.3 is 0 Å². The van der Waals surface area contributed by atoms with Crippen molar-refractivity contribution in [1.82, 2.24) is 15.1 Å². The number of aromatic nitrogens is 2. The number of aryl methyl sites for hydroxylation is 3. The van der Waals surface area contributed by atoms with Crippen molar-refractivity contribution in [3.05, 3.63) is 52.8 Å². The standard InChI is InChI=1S/C20H26N4O/c1-4-19-18(13-15(3)22-23-19)20(25)24-10-8-16(9-11-24)21-17-7-5-6-14(2)12-17/h5-7,12-13,16,21H,4,8-11H2,1-3H3. The lowest BCUT2D eigenvalue weighted by atomic mass is 10.0. The number of carbonyl (C=O) groups excluding carboxylic acids is 1. The first kappa shape index (κ1) is 17.4. The first-order valence-corrected chi connectivity index (χ1v) is 9.02. The van der Waals surface area contributed by atoms with Gasteiger partial charge in [0.15, 0.2) is 0 Å². The van der Waals surface area contributed by atoms with E-state index in [2.05, 4.69) is 46.7 Å². The van der Waals surface area contributed by atoms with E-state index in [0.29, 0.717) is 11.6 Å². The summed E-state index contributed by atoms with van der Waals surface area (Å²) < 4.78 is 0. The Morgan fingerprint density at radius 3 is 2.64 bits per heavy atom. The molecule has 1 N–H and O–H groups in total. The lowest BCUT2D eigenvalue weighted by Crippen LogP contribution is -2.42. The Labute approximate surface area is 149 Å². The molecule has 132 valence electrons. The SMILES string of the molecule is CCc1nnc(C)cc1C(=O)N1CCC(Nc2cccc(C)c2)CC1. The molecule has 1 aliphatic heterocycles. The first-order valence-electron chi connectivity index (χ1n) is 9.02. The van der Waals surface area contributed by atoms with E-state index < -0.39 is 0 Å². The normalized spacial score (nSPS) is 15.2. The molecule has 1 aromatic carbocycles. The van der Waals surface area contributed by atoms with Gasteiger partial charge in [0.05, 0.1) is 17.0 Å². The maximum absolute atomic E-state index is 12.9. The fourth-order valence-electron chi connectivity index (χ4n) is 3.33. The Kier molecular flexibility index (Phi) is 5.31. The number of benzene rings is 1. The van der Waals surface area contributed by atoms with Crippen molar-refractivity contribution in [1.29, 1.82) is 0 Å². The predicted octanol–water partition coefficient (Wildman–Crippen LogP) is 3.37. The van der Waals surface area contributed by atoms with Crippen LogP contribution in [0.15, 0.2) is 30.3 Å². The molecule has 0 spiro atoms. The fourth-order valence-corrected chi connectivity index (χ4v) is 3.33. The van der Waals surface area contributed by atoms with Gasteiger partial charge in [-0.3, -0.25) is 4.79 Å².